The number of amides is 1. The second-order valence-electron chi connectivity index (χ2n) is 4.30. The molecule has 1 aliphatic carbocycles. The van der Waals surface area contributed by atoms with E-state index in [0.29, 0.717) is 6.54 Å². The molecule has 3 N–H and O–H groups in total. The lowest BCUT2D eigenvalue weighted by molar-refractivity contribution is -0.129. The van der Waals surface area contributed by atoms with E-state index in [1.54, 1.807) is 0 Å². The van der Waals surface area contributed by atoms with Crippen molar-refractivity contribution in [3.63, 3.8) is 0 Å². The molecule has 2 rings (SSSR count). The highest BCUT2D eigenvalue weighted by molar-refractivity contribution is 5.86. The summed E-state index contributed by atoms with van der Waals surface area (Å²) in [5.41, 5.74) is 6.40. The van der Waals surface area contributed by atoms with Crippen LogP contribution >= 0.6 is 0 Å². The quantitative estimate of drug-likeness (QED) is 0.759. The number of aryl methyl sites for hydroxylation is 1. The van der Waals surface area contributed by atoms with Gasteiger partial charge in [-0.25, -0.2) is 0 Å². The number of nitrogens with one attached hydrogen (secondary N) is 1. The fourth-order valence-corrected chi connectivity index (χ4v) is 1.81. The van der Waals surface area contributed by atoms with Crippen molar-refractivity contribution in [3.8, 4) is 0 Å². The number of hydrogen-bond acceptors (Lipinski definition) is 2. The third-order valence-corrected chi connectivity index (χ3v) is 3.18. The summed E-state index contributed by atoms with van der Waals surface area (Å²) in [6, 6.07) is 3.95. The van der Waals surface area contributed by atoms with Crippen LogP contribution in [0.2, 0.25) is 0 Å². The number of carbonyl (C=O) groups excluding carboxylic acids is 1. The van der Waals surface area contributed by atoms with E-state index < -0.39 is 5.54 Å². The number of nitrogens with zero attached hydrogens (tertiary/aromatic N) is 1. The summed E-state index contributed by atoms with van der Waals surface area (Å²) in [6.45, 7) is 0.557. The SMILES string of the molecule is Cn1cccc1CNC(=O)C1(N)CCC1. The Morgan fingerprint density at radius 2 is 2.40 bits per heavy atom. The van der Waals surface area contributed by atoms with Crippen molar-refractivity contribution in [1.29, 1.82) is 0 Å². The van der Waals surface area contributed by atoms with Gasteiger partial charge in [0.15, 0.2) is 0 Å². The molecule has 0 unspecified atom stereocenters. The van der Waals surface area contributed by atoms with Gasteiger partial charge in [0.2, 0.25) is 5.91 Å². The maximum absolute atomic E-state index is 11.7. The van der Waals surface area contributed by atoms with Crippen molar-refractivity contribution in [2.24, 2.45) is 12.8 Å². The molecule has 4 nitrogen and oxygen atoms in total. The normalized spacial score (nSPS) is 18.3. The number of carbonyl (C=O) groups is 1. The van der Waals surface area contributed by atoms with Crippen LogP contribution in [0.15, 0.2) is 18.3 Å². The predicted molar refractivity (Wildman–Crippen MR) is 58.0 cm³/mol. The molecule has 0 aromatic carbocycles. The molecule has 82 valence electrons. The van der Waals surface area contributed by atoms with Crippen molar-refractivity contribution in [2.75, 3.05) is 0 Å². The van der Waals surface area contributed by atoms with E-state index in [-0.39, 0.29) is 5.91 Å². The Bertz CT molecular complexity index is 366. The second-order valence-corrected chi connectivity index (χ2v) is 4.30. The number of aromatic nitrogens is 1. The van der Waals surface area contributed by atoms with Gasteiger partial charge in [0.25, 0.3) is 0 Å². The third-order valence-electron chi connectivity index (χ3n) is 3.18. The fraction of sp³-hybridized carbons (Fsp3) is 0.545. The lowest BCUT2D eigenvalue weighted by atomic mass is 9.77. The van der Waals surface area contributed by atoms with Crippen LogP contribution in [-0.2, 0) is 18.4 Å². The molecule has 0 radical (unpaired) electrons. The lowest BCUT2D eigenvalue weighted by Crippen LogP contribution is -2.58. The van der Waals surface area contributed by atoms with Crippen molar-refractivity contribution >= 4 is 5.91 Å². The minimum atomic E-state index is -0.592. The summed E-state index contributed by atoms with van der Waals surface area (Å²) in [7, 11) is 1.96. The van der Waals surface area contributed by atoms with Gasteiger partial charge < -0.3 is 15.6 Å². The van der Waals surface area contributed by atoms with E-state index in [9.17, 15) is 4.79 Å². The van der Waals surface area contributed by atoms with E-state index in [1.807, 2.05) is 29.9 Å². The smallest absolute Gasteiger partial charge is 0.240 e. The van der Waals surface area contributed by atoms with E-state index in [0.717, 1.165) is 25.0 Å². The Kier molecular flexibility index (Phi) is 2.52. The summed E-state index contributed by atoms with van der Waals surface area (Å²) in [6.07, 6.45) is 4.65. The fourth-order valence-electron chi connectivity index (χ4n) is 1.81. The van der Waals surface area contributed by atoms with E-state index >= 15 is 0 Å². The van der Waals surface area contributed by atoms with Gasteiger partial charge in [-0.3, -0.25) is 4.79 Å². The second kappa shape index (κ2) is 3.70. The molecule has 0 aliphatic heterocycles. The molecule has 1 amide bonds. The van der Waals surface area contributed by atoms with Gasteiger partial charge in [0, 0.05) is 18.9 Å². The highest BCUT2D eigenvalue weighted by Crippen LogP contribution is 2.29. The average Bonchev–Trinajstić information content (AvgIpc) is 2.56. The van der Waals surface area contributed by atoms with Gasteiger partial charge >= 0.3 is 0 Å². The van der Waals surface area contributed by atoms with Gasteiger partial charge in [-0.15, -0.1) is 0 Å². The maximum atomic E-state index is 11.7. The molecule has 0 bridgehead atoms. The Labute approximate surface area is 89.5 Å². The van der Waals surface area contributed by atoms with Crippen LogP contribution in [0.25, 0.3) is 0 Å². The van der Waals surface area contributed by atoms with Crippen LogP contribution in [-0.4, -0.2) is 16.0 Å². The van der Waals surface area contributed by atoms with E-state index in [4.69, 9.17) is 5.73 Å². The summed E-state index contributed by atoms with van der Waals surface area (Å²) in [5, 5.41) is 2.88. The number of nitrogens with two attached hydrogens (primary N) is 1. The van der Waals surface area contributed by atoms with Crippen LogP contribution in [0.3, 0.4) is 0 Å². The van der Waals surface area contributed by atoms with Gasteiger partial charge in [0.1, 0.15) is 0 Å². The van der Waals surface area contributed by atoms with Gasteiger partial charge in [0.05, 0.1) is 12.1 Å². The number of hydrogen-bond donors (Lipinski definition) is 2. The number of rotatable bonds is 3. The monoisotopic (exact) mass is 207 g/mol. The summed E-state index contributed by atoms with van der Waals surface area (Å²) in [4.78, 5) is 11.7. The lowest BCUT2D eigenvalue weighted by Gasteiger charge is -2.36. The Morgan fingerprint density at radius 1 is 1.67 bits per heavy atom. The molecular weight excluding hydrogens is 190 g/mol. The van der Waals surface area contributed by atoms with E-state index in [1.165, 1.54) is 0 Å². The largest absolute Gasteiger partial charge is 0.353 e. The first-order valence-electron chi connectivity index (χ1n) is 5.29. The molecule has 0 spiro atoms. The molecule has 4 heteroatoms. The molecule has 1 aromatic heterocycles. The molecule has 15 heavy (non-hydrogen) atoms. The Hall–Kier alpha value is -1.29. The summed E-state index contributed by atoms with van der Waals surface area (Å²) in [5.74, 6) is -0.0186. The van der Waals surface area contributed by atoms with Crippen molar-refractivity contribution < 1.29 is 4.79 Å². The highest BCUT2D eigenvalue weighted by Gasteiger charge is 2.39. The Morgan fingerprint density at radius 3 is 2.87 bits per heavy atom. The van der Waals surface area contributed by atoms with Crippen molar-refractivity contribution in [1.82, 2.24) is 9.88 Å². The minimum absolute atomic E-state index is 0.0186. The third kappa shape index (κ3) is 1.90. The zero-order valence-corrected chi connectivity index (χ0v) is 8.99. The maximum Gasteiger partial charge on any atom is 0.240 e. The van der Waals surface area contributed by atoms with Gasteiger partial charge in [-0.1, -0.05) is 0 Å². The van der Waals surface area contributed by atoms with Crippen molar-refractivity contribution in [2.45, 2.75) is 31.3 Å². The molecule has 1 saturated carbocycles. The molecule has 0 atom stereocenters. The first kappa shape index (κ1) is 10.2. The highest BCUT2D eigenvalue weighted by atomic mass is 16.2. The predicted octanol–water partition coefficient (Wildman–Crippen LogP) is 0.523. The van der Waals surface area contributed by atoms with Crippen LogP contribution in [0.1, 0.15) is 25.0 Å². The standard InChI is InChI=1S/C11H17N3O/c1-14-7-2-4-9(14)8-13-10(15)11(12)5-3-6-11/h2,4,7H,3,5-6,8,12H2,1H3,(H,13,15). The molecule has 1 fully saturated rings. The zero-order valence-electron chi connectivity index (χ0n) is 8.99. The van der Waals surface area contributed by atoms with Gasteiger partial charge in [-0.2, -0.15) is 0 Å². The van der Waals surface area contributed by atoms with Crippen LogP contribution in [0.4, 0.5) is 0 Å². The van der Waals surface area contributed by atoms with Crippen molar-refractivity contribution in [3.05, 3.63) is 24.0 Å². The van der Waals surface area contributed by atoms with Crippen LogP contribution < -0.4 is 11.1 Å². The molecular formula is C11H17N3O. The Balaban J connectivity index is 1.88. The van der Waals surface area contributed by atoms with E-state index in [2.05, 4.69) is 5.32 Å². The first-order valence-corrected chi connectivity index (χ1v) is 5.29. The van der Waals surface area contributed by atoms with Gasteiger partial charge in [-0.05, 0) is 31.4 Å². The van der Waals surface area contributed by atoms with Crippen LogP contribution in [0.5, 0.6) is 0 Å². The molecule has 1 heterocycles. The molecule has 0 saturated heterocycles. The average molecular weight is 207 g/mol. The zero-order chi connectivity index (χ0) is 10.9. The van der Waals surface area contributed by atoms with Crippen LogP contribution in [0, 0.1) is 0 Å². The molecule has 1 aliphatic rings. The minimum Gasteiger partial charge on any atom is -0.353 e. The molecule has 1 aromatic rings. The topological polar surface area (TPSA) is 60.0 Å². The summed E-state index contributed by atoms with van der Waals surface area (Å²) >= 11 is 0. The summed E-state index contributed by atoms with van der Waals surface area (Å²) < 4.78 is 1.99. The first-order chi connectivity index (χ1) is 7.12.